The summed E-state index contributed by atoms with van der Waals surface area (Å²) in [5.41, 5.74) is 1.99. The number of carbonyl (C=O) groups is 1. The highest BCUT2D eigenvalue weighted by Gasteiger charge is 2.34. The molecular weight excluding hydrogens is 312 g/mol. The van der Waals surface area contributed by atoms with E-state index in [1.165, 1.54) is 0 Å². The molecule has 1 saturated heterocycles. The molecule has 7 heteroatoms. The van der Waals surface area contributed by atoms with Gasteiger partial charge in [0.15, 0.2) is 0 Å². The van der Waals surface area contributed by atoms with Gasteiger partial charge in [-0.25, -0.2) is 9.67 Å². The molecule has 1 amide bonds. The normalized spacial score (nSPS) is 17.7. The Morgan fingerprint density at radius 2 is 2.35 bits per heavy atom. The van der Waals surface area contributed by atoms with Gasteiger partial charge in [-0.3, -0.25) is 4.79 Å². The van der Waals surface area contributed by atoms with Crippen LogP contribution in [0.15, 0.2) is 11.6 Å². The quantitative estimate of drug-likeness (QED) is 0.843. The number of thiazole rings is 1. The molecule has 23 heavy (non-hydrogen) atoms. The Bertz CT molecular complexity index is 681. The highest BCUT2D eigenvalue weighted by atomic mass is 32.1. The molecule has 1 fully saturated rings. The third-order valence-electron chi connectivity index (χ3n) is 4.35. The van der Waals surface area contributed by atoms with Crippen molar-refractivity contribution in [2.75, 3.05) is 13.7 Å². The zero-order chi connectivity index (χ0) is 16.4. The van der Waals surface area contributed by atoms with E-state index in [4.69, 9.17) is 4.74 Å². The summed E-state index contributed by atoms with van der Waals surface area (Å²) in [6, 6.07) is 0.0717. The number of hydrogen-bond acceptors (Lipinski definition) is 5. The van der Waals surface area contributed by atoms with Crippen molar-refractivity contribution in [3.63, 3.8) is 0 Å². The van der Waals surface area contributed by atoms with E-state index in [0.29, 0.717) is 12.8 Å². The number of aryl methyl sites for hydroxylation is 3. The topological polar surface area (TPSA) is 60.2 Å². The molecule has 0 spiro atoms. The van der Waals surface area contributed by atoms with Crippen molar-refractivity contribution in [2.24, 2.45) is 7.05 Å². The second-order valence-corrected chi connectivity index (χ2v) is 6.78. The summed E-state index contributed by atoms with van der Waals surface area (Å²) in [5.74, 6) is 0.945. The van der Waals surface area contributed by atoms with Gasteiger partial charge < -0.3 is 9.64 Å². The van der Waals surface area contributed by atoms with Crippen molar-refractivity contribution in [1.82, 2.24) is 19.7 Å². The molecule has 0 aromatic carbocycles. The number of rotatable bonds is 5. The Morgan fingerprint density at radius 1 is 1.52 bits per heavy atom. The van der Waals surface area contributed by atoms with E-state index in [-0.39, 0.29) is 11.9 Å². The summed E-state index contributed by atoms with van der Waals surface area (Å²) in [4.78, 5) is 18.9. The third kappa shape index (κ3) is 3.10. The smallest absolute Gasteiger partial charge is 0.223 e. The summed E-state index contributed by atoms with van der Waals surface area (Å²) in [7, 11) is 3.53. The molecule has 0 saturated carbocycles. The van der Waals surface area contributed by atoms with Gasteiger partial charge in [-0.05, 0) is 19.8 Å². The Balaban J connectivity index is 1.76. The second-order valence-electron chi connectivity index (χ2n) is 5.80. The van der Waals surface area contributed by atoms with E-state index in [0.717, 1.165) is 41.5 Å². The zero-order valence-corrected chi connectivity index (χ0v) is 14.6. The molecule has 0 bridgehead atoms. The maximum absolute atomic E-state index is 12.7. The van der Waals surface area contributed by atoms with Crippen LogP contribution in [0.25, 0.3) is 0 Å². The Morgan fingerprint density at radius 3 is 3.04 bits per heavy atom. The minimum Gasteiger partial charge on any atom is -0.481 e. The number of hydrogen-bond donors (Lipinski definition) is 0. The van der Waals surface area contributed by atoms with Crippen molar-refractivity contribution in [1.29, 1.82) is 0 Å². The number of likely N-dealkylation sites (tertiary alicyclic amines) is 1. The molecule has 2 aromatic rings. The van der Waals surface area contributed by atoms with Gasteiger partial charge in [-0.1, -0.05) is 0 Å². The standard InChI is InChI=1S/C16H22N4O2S/c1-11-15(16(22-3)19(2)18-11)12-5-4-9-20(12)14(21)7-6-13-17-8-10-23-13/h8,10,12H,4-7,9H2,1-3H3/t12-/m1/s1. The van der Waals surface area contributed by atoms with E-state index in [2.05, 4.69) is 10.1 Å². The summed E-state index contributed by atoms with van der Waals surface area (Å²) >= 11 is 1.60. The van der Waals surface area contributed by atoms with Crippen molar-refractivity contribution >= 4 is 17.2 Å². The van der Waals surface area contributed by atoms with Crippen LogP contribution in [0.5, 0.6) is 5.88 Å². The van der Waals surface area contributed by atoms with Gasteiger partial charge in [0.25, 0.3) is 0 Å². The van der Waals surface area contributed by atoms with Crippen molar-refractivity contribution in [2.45, 2.75) is 38.6 Å². The molecule has 3 rings (SSSR count). The SMILES string of the molecule is COc1c([C@H]2CCCN2C(=O)CCc2nccs2)c(C)nn1C. The monoisotopic (exact) mass is 334 g/mol. The molecule has 0 aliphatic carbocycles. The number of amides is 1. The van der Waals surface area contributed by atoms with Crippen molar-refractivity contribution in [3.05, 3.63) is 27.8 Å². The largest absolute Gasteiger partial charge is 0.481 e. The summed E-state index contributed by atoms with van der Waals surface area (Å²) in [5, 5.41) is 7.42. The van der Waals surface area contributed by atoms with E-state index in [1.54, 1.807) is 29.3 Å². The highest BCUT2D eigenvalue weighted by Crippen LogP contribution is 2.39. The van der Waals surface area contributed by atoms with E-state index < -0.39 is 0 Å². The van der Waals surface area contributed by atoms with Crippen LogP contribution in [0, 0.1) is 6.92 Å². The lowest BCUT2D eigenvalue weighted by molar-refractivity contribution is -0.132. The van der Waals surface area contributed by atoms with Crippen LogP contribution in [0.2, 0.25) is 0 Å². The Kier molecular flexibility index (Phi) is 4.66. The Hall–Kier alpha value is -1.89. The molecule has 124 valence electrons. The van der Waals surface area contributed by atoms with Crippen LogP contribution in [0.3, 0.4) is 0 Å². The summed E-state index contributed by atoms with van der Waals surface area (Å²) < 4.78 is 7.26. The minimum absolute atomic E-state index is 0.0717. The van der Waals surface area contributed by atoms with Gasteiger partial charge in [0.2, 0.25) is 11.8 Å². The van der Waals surface area contributed by atoms with Gasteiger partial charge in [0.1, 0.15) is 0 Å². The number of carbonyl (C=O) groups excluding carboxylic acids is 1. The molecule has 1 aliphatic heterocycles. The summed E-state index contributed by atoms with van der Waals surface area (Å²) in [6.07, 6.45) is 4.98. The zero-order valence-electron chi connectivity index (χ0n) is 13.8. The first kappa shape index (κ1) is 16.0. The van der Waals surface area contributed by atoms with Crippen LogP contribution < -0.4 is 4.74 Å². The fourth-order valence-corrected chi connectivity index (χ4v) is 4.00. The lowest BCUT2D eigenvalue weighted by Gasteiger charge is -2.25. The minimum atomic E-state index is 0.0717. The van der Waals surface area contributed by atoms with Gasteiger partial charge in [-0.2, -0.15) is 5.10 Å². The van der Waals surface area contributed by atoms with Gasteiger partial charge in [0.05, 0.1) is 29.4 Å². The molecular formula is C16H22N4O2S. The Labute approximate surface area is 140 Å². The average Bonchev–Trinajstić information content (AvgIpc) is 3.24. The molecule has 6 nitrogen and oxygen atoms in total. The second kappa shape index (κ2) is 6.70. The van der Waals surface area contributed by atoms with Crippen molar-refractivity contribution in [3.8, 4) is 5.88 Å². The predicted molar refractivity (Wildman–Crippen MR) is 88.6 cm³/mol. The van der Waals surface area contributed by atoms with Gasteiger partial charge in [0, 0.05) is 38.0 Å². The van der Waals surface area contributed by atoms with E-state index in [1.807, 2.05) is 24.3 Å². The molecule has 0 N–H and O–H groups in total. The van der Waals surface area contributed by atoms with Gasteiger partial charge in [-0.15, -0.1) is 11.3 Å². The molecule has 1 aliphatic rings. The maximum Gasteiger partial charge on any atom is 0.223 e. The fraction of sp³-hybridized carbons (Fsp3) is 0.562. The lowest BCUT2D eigenvalue weighted by atomic mass is 10.0. The van der Waals surface area contributed by atoms with Crippen molar-refractivity contribution < 1.29 is 9.53 Å². The number of methoxy groups -OCH3 is 1. The average molecular weight is 334 g/mol. The van der Waals surface area contributed by atoms with Crippen LogP contribution in [0.4, 0.5) is 0 Å². The molecule has 0 unspecified atom stereocenters. The molecule has 2 aromatic heterocycles. The predicted octanol–water partition coefficient (Wildman–Crippen LogP) is 2.49. The summed E-state index contributed by atoms with van der Waals surface area (Å²) in [6.45, 7) is 2.78. The molecule has 3 heterocycles. The number of aromatic nitrogens is 3. The van der Waals surface area contributed by atoms with Crippen LogP contribution in [-0.4, -0.2) is 39.2 Å². The molecule has 1 atom stereocenters. The van der Waals surface area contributed by atoms with Crippen LogP contribution in [0.1, 0.15) is 41.6 Å². The fourth-order valence-electron chi connectivity index (χ4n) is 3.38. The molecule has 0 radical (unpaired) electrons. The first-order chi connectivity index (χ1) is 11.1. The third-order valence-corrected chi connectivity index (χ3v) is 5.19. The number of ether oxygens (including phenoxy) is 1. The lowest BCUT2D eigenvalue weighted by Crippen LogP contribution is -2.31. The first-order valence-corrected chi connectivity index (χ1v) is 8.75. The van der Waals surface area contributed by atoms with E-state index in [9.17, 15) is 4.79 Å². The van der Waals surface area contributed by atoms with Crippen LogP contribution >= 0.6 is 11.3 Å². The first-order valence-electron chi connectivity index (χ1n) is 7.87. The van der Waals surface area contributed by atoms with Gasteiger partial charge >= 0.3 is 0 Å². The van der Waals surface area contributed by atoms with E-state index >= 15 is 0 Å². The van der Waals surface area contributed by atoms with Crippen LogP contribution in [-0.2, 0) is 18.3 Å². The number of nitrogens with zero attached hydrogens (tertiary/aromatic N) is 4. The highest BCUT2D eigenvalue weighted by molar-refractivity contribution is 7.09. The maximum atomic E-state index is 12.7.